The average molecular weight is 401 g/mol. The van der Waals surface area contributed by atoms with Crippen LogP contribution in [-0.2, 0) is 6.42 Å². The fraction of sp³-hybridized carbons (Fsp3) is 0.364. The summed E-state index contributed by atoms with van der Waals surface area (Å²) in [4.78, 5) is 1.63. The Morgan fingerprint density at radius 1 is 0.792 bits per heavy atom. The number of fused-ring (bicyclic) bond motifs is 1. The molecule has 2 heteroatoms. The molecule has 0 N–H and O–H groups in total. The summed E-state index contributed by atoms with van der Waals surface area (Å²) in [6.07, 6.45) is 9.52. The quantitative estimate of drug-likeness (QED) is 0.330. The summed E-state index contributed by atoms with van der Waals surface area (Å²) >= 11 is 2.44. The molecule has 0 nitrogen and oxygen atoms in total. The Hall–Kier alpha value is -1.08. The van der Waals surface area contributed by atoms with Gasteiger partial charge in [0, 0.05) is 0 Å². The van der Waals surface area contributed by atoms with Crippen molar-refractivity contribution in [3.63, 3.8) is 0 Å². The summed E-state index contributed by atoms with van der Waals surface area (Å²) in [5.41, 5.74) is 0. The molecule has 0 saturated carbocycles. The molecule has 2 aromatic carbocycles. The molecule has 126 valence electrons. The minimum absolute atomic E-state index is 0.415. The molecule has 3 rings (SSSR count). The Bertz CT molecular complexity index is 745. The van der Waals surface area contributed by atoms with Gasteiger partial charge < -0.3 is 0 Å². The molecule has 24 heavy (non-hydrogen) atoms. The van der Waals surface area contributed by atoms with Crippen LogP contribution in [0.5, 0.6) is 0 Å². The second kappa shape index (κ2) is 9.42. The predicted octanol–water partition coefficient (Wildman–Crippen LogP) is 5.46. The zero-order valence-electron chi connectivity index (χ0n) is 14.5. The van der Waals surface area contributed by atoms with Crippen molar-refractivity contribution in [3.8, 4) is 0 Å². The van der Waals surface area contributed by atoms with E-state index in [2.05, 4.69) is 61.5 Å². The zero-order chi connectivity index (χ0) is 16.6. The van der Waals surface area contributed by atoms with E-state index in [0.29, 0.717) is 15.0 Å². The molecule has 0 saturated heterocycles. The van der Waals surface area contributed by atoms with Gasteiger partial charge in [-0.3, -0.25) is 0 Å². The first kappa shape index (κ1) is 17.7. The van der Waals surface area contributed by atoms with Crippen LogP contribution < -0.4 is 8.92 Å². The third-order valence-electron chi connectivity index (χ3n) is 4.34. The number of rotatable bonds is 9. The molecular weight excluding hydrogens is 375 g/mol. The van der Waals surface area contributed by atoms with Crippen LogP contribution in [0.1, 0.15) is 50.3 Å². The van der Waals surface area contributed by atoms with E-state index in [0.717, 1.165) is 0 Å². The van der Waals surface area contributed by atoms with Crippen molar-refractivity contribution in [1.29, 1.82) is 0 Å². The molecule has 0 aliphatic carbocycles. The Balaban J connectivity index is 1.73. The Morgan fingerprint density at radius 3 is 2.33 bits per heavy atom. The molecule has 0 spiro atoms. The number of aryl methyl sites for hydroxylation is 1. The Morgan fingerprint density at radius 2 is 1.50 bits per heavy atom. The Kier molecular flexibility index (Phi) is 6.96. The fourth-order valence-electron chi connectivity index (χ4n) is 3.02. The van der Waals surface area contributed by atoms with Crippen molar-refractivity contribution in [2.75, 3.05) is 0 Å². The number of thiophene rings is 1. The van der Waals surface area contributed by atoms with Gasteiger partial charge in [-0.2, -0.15) is 0 Å². The number of hydrogen-bond acceptors (Lipinski definition) is 1. The van der Waals surface area contributed by atoms with E-state index < -0.39 is 0 Å². The maximum absolute atomic E-state index is 2.32. The van der Waals surface area contributed by atoms with Crippen molar-refractivity contribution >= 4 is 45.3 Å². The molecule has 0 fully saturated rings. The molecule has 3 aromatic rings. The topological polar surface area (TPSA) is 0 Å². The summed E-state index contributed by atoms with van der Waals surface area (Å²) in [5.74, 6) is 0. The fourth-order valence-corrected chi connectivity index (χ4v) is 6.95. The maximum atomic E-state index is 2.32. The van der Waals surface area contributed by atoms with E-state index in [1.165, 1.54) is 59.5 Å². The molecule has 1 heterocycles. The second-order valence-corrected chi connectivity index (χ2v) is 9.69. The van der Waals surface area contributed by atoms with Gasteiger partial charge in [0.2, 0.25) is 0 Å². The van der Waals surface area contributed by atoms with Crippen LogP contribution in [0.15, 0.2) is 54.6 Å². The van der Waals surface area contributed by atoms with E-state index in [1.807, 2.05) is 11.3 Å². The molecule has 1 aromatic heterocycles. The van der Waals surface area contributed by atoms with Crippen molar-refractivity contribution in [2.45, 2.75) is 51.9 Å². The summed E-state index contributed by atoms with van der Waals surface area (Å²) < 4.78 is 4.58. The summed E-state index contributed by atoms with van der Waals surface area (Å²) in [5, 5.41) is 1.49. The molecular formula is C22H26SSe. The standard InChI is InChI=1S/C22H26SSe/c1-2-3-4-5-6-10-17-21-22(24-18-13-8-7-9-14-18)19-15-11-12-16-20(19)23-21/h7-9,11-16H,2-6,10,17H2,1H3. The van der Waals surface area contributed by atoms with Crippen molar-refractivity contribution in [1.82, 2.24) is 0 Å². The van der Waals surface area contributed by atoms with Crippen LogP contribution in [0, 0.1) is 0 Å². The molecule has 0 aliphatic heterocycles. The first-order valence-corrected chi connectivity index (χ1v) is 11.6. The average Bonchev–Trinajstić information content (AvgIpc) is 2.97. The Labute approximate surface area is 156 Å². The third kappa shape index (κ3) is 4.72. The van der Waals surface area contributed by atoms with Gasteiger partial charge in [0.05, 0.1) is 0 Å². The van der Waals surface area contributed by atoms with Gasteiger partial charge in [-0.15, -0.1) is 0 Å². The van der Waals surface area contributed by atoms with Gasteiger partial charge in [0.15, 0.2) is 0 Å². The second-order valence-electron chi connectivity index (χ2n) is 6.28. The number of benzene rings is 2. The number of unbranched alkanes of at least 4 members (excludes halogenated alkanes) is 5. The molecule has 0 radical (unpaired) electrons. The van der Waals surface area contributed by atoms with Crippen molar-refractivity contribution in [2.24, 2.45) is 0 Å². The van der Waals surface area contributed by atoms with Gasteiger partial charge >= 0.3 is 157 Å². The van der Waals surface area contributed by atoms with E-state index in [-0.39, 0.29) is 0 Å². The summed E-state index contributed by atoms with van der Waals surface area (Å²) in [6.45, 7) is 2.29. The molecule has 0 amide bonds. The van der Waals surface area contributed by atoms with Gasteiger partial charge in [0.25, 0.3) is 0 Å². The summed E-state index contributed by atoms with van der Waals surface area (Å²) in [6, 6.07) is 20.0. The van der Waals surface area contributed by atoms with Crippen molar-refractivity contribution in [3.05, 3.63) is 59.5 Å². The van der Waals surface area contributed by atoms with Gasteiger partial charge in [-0.05, 0) is 0 Å². The van der Waals surface area contributed by atoms with Crippen LogP contribution in [0.25, 0.3) is 10.1 Å². The zero-order valence-corrected chi connectivity index (χ0v) is 17.0. The van der Waals surface area contributed by atoms with E-state index in [4.69, 9.17) is 0 Å². The molecule has 0 aliphatic rings. The monoisotopic (exact) mass is 402 g/mol. The van der Waals surface area contributed by atoms with Crippen LogP contribution in [0.2, 0.25) is 0 Å². The third-order valence-corrected chi connectivity index (χ3v) is 8.33. The van der Waals surface area contributed by atoms with E-state index in [9.17, 15) is 0 Å². The first-order valence-electron chi connectivity index (χ1n) is 9.12. The molecule has 0 bridgehead atoms. The SMILES string of the molecule is CCCCCCCCc1sc2ccccc2c1[Se]c1ccccc1. The van der Waals surface area contributed by atoms with Crippen LogP contribution in [-0.4, -0.2) is 15.0 Å². The molecule has 0 unspecified atom stereocenters. The summed E-state index contributed by atoms with van der Waals surface area (Å²) in [7, 11) is 0. The molecule has 0 atom stereocenters. The van der Waals surface area contributed by atoms with Crippen molar-refractivity contribution < 1.29 is 0 Å². The van der Waals surface area contributed by atoms with E-state index in [1.54, 1.807) is 9.34 Å². The van der Waals surface area contributed by atoms with E-state index >= 15 is 0 Å². The van der Waals surface area contributed by atoms with Gasteiger partial charge in [-0.25, -0.2) is 0 Å². The van der Waals surface area contributed by atoms with Crippen LogP contribution in [0.4, 0.5) is 0 Å². The first-order chi connectivity index (χ1) is 11.9. The normalized spacial score (nSPS) is 11.2. The van der Waals surface area contributed by atoms with Gasteiger partial charge in [0.1, 0.15) is 0 Å². The predicted molar refractivity (Wildman–Crippen MR) is 110 cm³/mol. The van der Waals surface area contributed by atoms with Crippen LogP contribution >= 0.6 is 11.3 Å². The minimum atomic E-state index is 0.415. The number of hydrogen-bond donors (Lipinski definition) is 0. The van der Waals surface area contributed by atoms with Crippen LogP contribution in [0.3, 0.4) is 0 Å². The van der Waals surface area contributed by atoms with Gasteiger partial charge in [-0.1, -0.05) is 0 Å².